The Balaban J connectivity index is 0. The number of benzene rings is 1. The van der Waals surface area contributed by atoms with Crippen molar-refractivity contribution < 1.29 is 0 Å². The van der Waals surface area contributed by atoms with Gasteiger partial charge < -0.3 is 0 Å². The molecule has 1 aromatic carbocycles. The lowest BCUT2D eigenvalue weighted by atomic mass is 9.79. The highest BCUT2D eigenvalue weighted by Gasteiger charge is 2.20. The molecular formula is C23H42. The zero-order chi connectivity index (χ0) is 18.7. The zero-order valence-corrected chi connectivity index (χ0v) is 17.8. The topological polar surface area (TPSA) is 0 Å². The largest absolute Gasteiger partial charge is 0.0913 e. The normalized spacial score (nSPS) is 11.4. The van der Waals surface area contributed by atoms with Crippen LogP contribution in [0.4, 0.5) is 0 Å². The molecule has 1 rings (SSSR count). The quantitative estimate of drug-likeness (QED) is 0.487. The Morgan fingerprint density at radius 2 is 1.13 bits per heavy atom. The predicted molar refractivity (Wildman–Crippen MR) is 110 cm³/mol. The monoisotopic (exact) mass is 318 g/mol. The van der Waals surface area contributed by atoms with E-state index in [1.807, 2.05) is 13.8 Å². The van der Waals surface area contributed by atoms with E-state index in [-0.39, 0.29) is 10.8 Å². The molecule has 0 heteroatoms. The first kappa shape index (κ1) is 24.2. The van der Waals surface area contributed by atoms with Crippen molar-refractivity contribution in [3.63, 3.8) is 0 Å². The molecule has 0 spiro atoms. The van der Waals surface area contributed by atoms with E-state index in [0.717, 1.165) is 6.42 Å². The maximum atomic E-state index is 2.37. The van der Waals surface area contributed by atoms with Crippen LogP contribution < -0.4 is 0 Å². The fourth-order valence-corrected chi connectivity index (χ4v) is 1.93. The number of rotatable bonds is 2. The SMILES string of the molecule is C/C=C\Cc1cc(C(C)(C)C)cc(C(C)(C)C)c1.CC.CCC. The van der Waals surface area contributed by atoms with Gasteiger partial charge in [-0.2, -0.15) is 0 Å². The van der Waals surface area contributed by atoms with E-state index < -0.39 is 0 Å². The molecule has 1 aromatic rings. The lowest BCUT2D eigenvalue weighted by Crippen LogP contribution is -2.17. The molecule has 0 aliphatic carbocycles. The van der Waals surface area contributed by atoms with Crippen molar-refractivity contribution in [3.05, 3.63) is 47.0 Å². The van der Waals surface area contributed by atoms with Crippen LogP contribution in [0.15, 0.2) is 30.4 Å². The highest BCUT2D eigenvalue weighted by atomic mass is 14.2. The van der Waals surface area contributed by atoms with Gasteiger partial charge >= 0.3 is 0 Å². The summed E-state index contributed by atoms with van der Waals surface area (Å²) in [6, 6.07) is 7.09. The lowest BCUT2D eigenvalue weighted by molar-refractivity contribution is 0.567. The second-order valence-corrected chi connectivity index (χ2v) is 7.90. The highest BCUT2D eigenvalue weighted by molar-refractivity contribution is 5.38. The molecule has 0 amide bonds. The summed E-state index contributed by atoms with van der Waals surface area (Å²) in [5.41, 5.74) is 4.73. The van der Waals surface area contributed by atoms with Crippen molar-refractivity contribution in [1.29, 1.82) is 0 Å². The van der Waals surface area contributed by atoms with Gasteiger partial charge in [0.05, 0.1) is 0 Å². The van der Waals surface area contributed by atoms with Gasteiger partial charge in [-0.05, 0) is 40.9 Å². The van der Waals surface area contributed by atoms with Crippen LogP contribution in [0.1, 0.15) is 99.3 Å². The third-order valence-electron chi connectivity index (χ3n) is 3.31. The third kappa shape index (κ3) is 10.4. The Kier molecular flexibility index (Phi) is 12.1. The van der Waals surface area contributed by atoms with Crippen molar-refractivity contribution in [1.82, 2.24) is 0 Å². The minimum Gasteiger partial charge on any atom is -0.0913 e. The van der Waals surface area contributed by atoms with E-state index >= 15 is 0 Å². The van der Waals surface area contributed by atoms with Gasteiger partial charge in [0.25, 0.3) is 0 Å². The van der Waals surface area contributed by atoms with Gasteiger partial charge in [-0.3, -0.25) is 0 Å². The molecule has 0 N–H and O–H groups in total. The molecular weight excluding hydrogens is 276 g/mol. The molecule has 0 fully saturated rings. The zero-order valence-electron chi connectivity index (χ0n) is 17.8. The summed E-state index contributed by atoms with van der Waals surface area (Å²) < 4.78 is 0. The summed E-state index contributed by atoms with van der Waals surface area (Å²) >= 11 is 0. The fourth-order valence-electron chi connectivity index (χ4n) is 1.93. The summed E-state index contributed by atoms with van der Waals surface area (Å²) in [6.07, 6.45) is 6.64. The first-order valence-electron chi connectivity index (χ1n) is 9.32. The highest BCUT2D eigenvalue weighted by Crippen LogP contribution is 2.30. The molecule has 0 atom stereocenters. The van der Waals surface area contributed by atoms with Crippen LogP contribution in [0.25, 0.3) is 0 Å². The maximum absolute atomic E-state index is 2.37. The van der Waals surface area contributed by atoms with Crippen LogP contribution >= 0.6 is 0 Å². The second kappa shape index (κ2) is 11.5. The molecule has 0 heterocycles. The molecule has 0 saturated heterocycles. The van der Waals surface area contributed by atoms with Crippen LogP contribution in [0.5, 0.6) is 0 Å². The summed E-state index contributed by atoms with van der Waals surface area (Å²) in [5, 5.41) is 0. The van der Waals surface area contributed by atoms with E-state index in [0.29, 0.717) is 0 Å². The molecule has 0 unspecified atom stereocenters. The van der Waals surface area contributed by atoms with Crippen LogP contribution in [0.3, 0.4) is 0 Å². The molecule has 0 aromatic heterocycles. The summed E-state index contributed by atoms with van der Waals surface area (Å²) in [4.78, 5) is 0. The Hall–Kier alpha value is -1.04. The smallest absolute Gasteiger partial charge is 0.00974 e. The minimum absolute atomic E-state index is 0.214. The first-order valence-corrected chi connectivity index (χ1v) is 9.32. The molecule has 0 aliphatic rings. The van der Waals surface area contributed by atoms with Crippen molar-refractivity contribution in [2.45, 2.75) is 99.8 Å². The molecule has 0 nitrogen and oxygen atoms in total. The van der Waals surface area contributed by atoms with Gasteiger partial charge in [0.2, 0.25) is 0 Å². The molecule has 134 valence electrons. The molecule has 0 saturated carbocycles. The predicted octanol–water partition coefficient (Wildman–Crippen LogP) is 7.84. The van der Waals surface area contributed by atoms with Gasteiger partial charge in [0.1, 0.15) is 0 Å². The summed E-state index contributed by atoms with van der Waals surface area (Å²) in [6.45, 7) is 24.0. The minimum atomic E-state index is 0.214. The Morgan fingerprint density at radius 3 is 1.39 bits per heavy atom. The van der Waals surface area contributed by atoms with Gasteiger partial charge in [0.15, 0.2) is 0 Å². The standard InChI is InChI=1S/C18H28.C3H8.C2H6/c1-8-9-10-14-11-15(17(2,3)4)13-16(12-14)18(5,6)7;1-3-2;1-2/h8-9,11-13H,10H2,1-7H3;3H2,1-2H3;1-2H3/b9-8-;;. The second-order valence-electron chi connectivity index (χ2n) is 7.90. The third-order valence-corrected chi connectivity index (χ3v) is 3.31. The van der Waals surface area contributed by atoms with Crippen LogP contribution in [-0.4, -0.2) is 0 Å². The van der Waals surface area contributed by atoms with Gasteiger partial charge in [-0.25, -0.2) is 0 Å². The Morgan fingerprint density at radius 1 is 0.783 bits per heavy atom. The maximum Gasteiger partial charge on any atom is -0.00974 e. The van der Waals surface area contributed by atoms with Crippen molar-refractivity contribution in [2.75, 3.05) is 0 Å². The average molecular weight is 319 g/mol. The fraction of sp³-hybridized carbons (Fsp3) is 0.652. The van der Waals surface area contributed by atoms with E-state index in [9.17, 15) is 0 Å². The first-order chi connectivity index (χ1) is 10.6. The summed E-state index contributed by atoms with van der Waals surface area (Å²) in [7, 11) is 0. The van der Waals surface area contributed by atoms with Gasteiger partial charge in [-0.15, -0.1) is 0 Å². The Bertz CT molecular complexity index is 404. The molecule has 0 radical (unpaired) electrons. The van der Waals surface area contributed by atoms with Crippen LogP contribution in [-0.2, 0) is 17.3 Å². The van der Waals surface area contributed by atoms with E-state index in [1.54, 1.807) is 0 Å². The number of hydrogen-bond acceptors (Lipinski definition) is 0. The van der Waals surface area contributed by atoms with Crippen molar-refractivity contribution in [2.24, 2.45) is 0 Å². The van der Waals surface area contributed by atoms with E-state index in [2.05, 4.69) is 92.7 Å². The molecule has 0 aliphatic heterocycles. The Labute approximate surface area is 147 Å². The van der Waals surface area contributed by atoms with Gasteiger partial charge in [-0.1, -0.05) is 106 Å². The molecule has 0 bridgehead atoms. The van der Waals surface area contributed by atoms with Crippen molar-refractivity contribution >= 4 is 0 Å². The molecule has 23 heavy (non-hydrogen) atoms. The summed E-state index contributed by atoms with van der Waals surface area (Å²) in [5.74, 6) is 0. The van der Waals surface area contributed by atoms with E-state index in [4.69, 9.17) is 0 Å². The number of hydrogen-bond donors (Lipinski definition) is 0. The number of allylic oxidation sites excluding steroid dienone is 2. The van der Waals surface area contributed by atoms with Crippen LogP contribution in [0, 0.1) is 0 Å². The average Bonchev–Trinajstić information content (AvgIpc) is 2.46. The van der Waals surface area contributed by atoms with Crippen LogP contribution in [0.2, 0.25) is 0 Å². The van der Waals surface area contributed by atoms with Crippen molar-refractivity contribution in [3.8, 4) is 0 Å². The van der Waals surface area contributed by atoms with Gasteiger partial charge in [0, 0.05) is 0 Å². The van der Waals surface area contributed by atoms with E-state index in [1.165, 1.54) is 23.1 Å². The lowest BCUT2D eigenvalue weighted by Gasteiger charge is -2.26.